The molecule has 0 N–H and O–H groups in total. The van der Waals surface area contributed by atoms with E-state index >= 15 is 0 Å². The van der Waals surface area contributed by atoms with Gasteiger partial charge in [-0.1, -0.05) is 45.7 Å². The summed E-state index contributed by atoms with van der Waals surface area (Å²) in [6, 6.07) is 0. The molecule has 1 heterocycles. The molecule has 1 heteroatoms. The highest BCUT2D eigenvalue weighted by molar-refractivity contribution is 5.82. The molecule has 0 unspecified atom stereocenters. The lowest BCUT2D eigenvalue weighted by atomic mass is 9.91. The van der Waals surface area contributed by atoms with Gasteiger partial charge in [0.1, 0.15) is 11.5 Å². The zero-order valence-electron chi connectivity index (χ0n) is 10.9. The van der Waals surface area contributed by atoms with Gasteiger partial charge in [-0.15, -0.1) is 0 Å². The Morgan fingerprint density at radius 3 is 2.00 bits per heavy atom. The maximum atomic E-state index is 5.72. The van der Waals surface area contributed by atoms with Gasteiger partial charge in [0.05, 0.1) is 0 Å². The smallest absolute Gasteiger partial charge is 0.135 e. The molecule has 0 aliphatic rings. The van der Waals surface area contributed by atoms with Crippen LogP contribution in [-0.4, -0.2) is 0 Å². The van der Waals surface area contributed by atoms with E-state index in [1.54, 1.807) is 12.2 Å². The molecule has 0 saturated carbocycles. The fraction of sp³-hybridized carbons (Fsp3) is 0.250. The van der Waals surface area contributed by atoms with Crippen LogP contribution in [0.2, 0.25) is 0 Å². The van der Waals surface area contributed by atoms with Crippen LogP contribution in [0, 0.1) is 5.92 Å². The zero-order chi connectivity index (χ0) is 13.0. The van der Waals surface area contributed by atoms with Gasteiger partial charge in [0, 0.05) is 11.1 Å². The van der Waals surface area contributed by atoms with Crippen LogP contribution < -0.4 is 0 Å². The second-order valence-corrected chi connectivity index (χ2v) is 4.13. The van der Waals surface area contributed by atoms with Crippen molar-refractivity contribution in [3.63, 3.8) is 0 Å². The van der Waals surface area contributed by atoms with Gasteiger partial charge in [0.2, 0.25) is 0 Å². The number of furan rings is 1. The fourth-order valence-corrected chi connectivity index (χ4v) is 2.04. The van der Waals surface area contributed by atoms with E-state index in [-0.39, 0.29) is 0 Å². The molecular formula is C16H20O. The molecular weight excluding hydrogens is 208 g/mol. The predicted molar refractivity (Wildman–Crippen MR) is 77.5 cm³/mol. The Balaban J connectivity index is 3.59. The fourth-order valence-electron chi connectivity index (χ4n) is 2.04. The van der Waals surface area contributed by atoms with Crippen molar-refractivity contribution in [1.29, 1.82) is 0 Å². The number of hydrogen-bond donors (Lipinski definition) is 0. The van der Waals surface area contributed by atoms with E-state index in [4.69, 9.17) is 4.42 Å². The summed E-state index contributed by atoms with van der Waals surface area (Å²) in [5, 5.41) is 0. The van der Waals surface area contributed by atoms with Crippen molar-refractivity contribution in [2.75, 3.05) is 0 Å². The summed E-state index contributed by atoms with van der Waals surface area (Å²) in [6.07, 6.45) is 7.37. The third-order valence-electron chi connectivity index (χ3n) is 2.80. The molecule has 0 aliphatic carbocycles. The van der Waals surface area contributed by atoms with Crippen molar-refractivity contribution in [2.24, 2.45) is 5.92 Å². The first-order valence-corrected chi connectivity index (χ1v) is 5.81. The topological polar surface area (TPSA) is 13.1 Å². The maximum absolute atomic E-state index is 5.72. The Bertz CT molecular complexity index is 470. The van der Waals surface area contributed by atoms with E-state index in [1.165, 1.54) is 5.57 Å². The van der Waals surface area contributed by atoms with Crippen LogP contribution in [0.5, 0.6) is 0 Å². The average Bonchev–Trinajstić information content (AvgIpc) is 2.67. The molecule has 17 heavy (non-hydrogen) atoms. The molecule has 1 aromatic heterocycles. The van der Waals surface area contributed by atoms with Gasteiger partial charge in [-0.2, -0.15) is 0 Å². The van der Waals surface area contributed by atoms with Crippen LogP contribution in [0.15, 0.2) is 30.2 Å². The summed E-state index contributed by atoms with van der Waals surface area (Å²) in [6.45, 7) is 17.8. The first-order valence-electron chi connectivity index (χ1n) is 5.81. The SMILES string of the molecule is C=Cc1oc(C=C)c(/C(=C\C)C(C)C)c1C=C. The summed E-state index contributed by atoms with van der Waals surface area (Å²) in [5.41, 5.74) is 3.32. The van der Waals surface area contributed by atoms with Gasteiger partial charge in [-0.05, 0) is 30.6 Å². The second kappa shape index (κ2) is 5.53. The molecule has 0 fully saturated rings. The van der Waals surface area contributed by atoms with Crippen molar-refractivity contribution in [2.45, 2.75) is 20.8 Å². The van der Waals surface area contributed by atoms with E-state index < -0.39 is 0 Å². The highest BCUT2D eigenvalue weighted by atomic mass is 16.3. The summed E-state index contributed by atoms with van der Waals surface area (Å²) < 4.78 is 5.72. The third-order valence-corrected chi connectivity index (χ3v) is 2.80. The Morgan fingerprint density at radius 2 is 1.65 bits per heavy atom. The predicted octanol–water partition coefficient (Wildman–Crippen LogP) is 5.27. The van der Waals surface area contributed by atoms with Gasteiger partial charge in [0.15, 0.2) is 0 Å². The molecule has 0 radical (unpaired) electrons. The van der Waals surface area contributed by atoms with Crippen LogP contribution >= 0.6 is 0 Å². The van der Waals surface area contributed by atoms with Crippen molar-refractivity contribution < 1.29 is 4.42 Å². The van der Waals surface area contributed by atoms with E-state index in [1.807, 2.05) is 13.0 Å². The lowest BCUT2D eigenvalue weighted by molar-refractivity contribution is 0.545. The molecule has 0 bridgehead atoms. The minimum Gasteiger partial charge on any atom is -0.456 e. The van der Waals surface area contributed by atoms with Gasteiger partial charge in [-0.3, -0.25) is 0 Å². The molecule has 1 rings (SSSR count). The lowest BCUT2D eigenvalue weighted by Crippen LogP contribution is -1.96. The minimum atomic E-state index is 0.424. The number of rotatable bonds is 5. The van der Waals surface area contributed by atoms with Crippen LogP contribution in [0.25, 0.3) is 23.8 Å². The molecule has 0 aromatic carbocycles. The molecule has 90 valence electrons. The Hall–Kier alpha value is -1.76. The lowest BCUT2D eigenvalue weighted by Gasteiger charge is -2.11. The van der Waals surface area contributed by atoms with Crippen molar-refractivity contribution in [3.8, 4) is 0 Å². The van der Waals surface area contributed by atoms with Crippen LogP contribution in [0.3, 0.4) is 0 Å². The highest BCUT2D eigenvalue weighted by Crippen LogP contribution is 2.35. The average molecular weight is 228 g/mol. The maximum Gasteiger partial charge on any atom is 0.135 e. The van der Waals surface area contributed by atoms with E-state index in [2.05, 4.69) is 39.7 Å². The Kier molecular flexibility index (Phi) is 4.33. The quantitative estimate of drug-likeness (QED) is 0.669. The molecule has 1 aromatic rings. The Morgan fingerprint density at radius 1 is 1.06 bits per heavy atom. The van der Waals surface area contributed by atoms with Gasteiger partial charge in [0.25, 0.3) is 0 Å². The monoisotopic (exact) mass is 228 g/mol. The first-order chi connectivity index (χ1) is 8.10. The van der Waals surface area contributed by atoms with Crippen molar-refractivity contribution >= 4 is 23.8 Å². The molecule has 0 amide bonds. The van der Waals surface area contributed by atoms with E-state index in [9.17, 15) is 0 Å². The summed E-state index contributed by atoms with van der Waals surface area (Å²) >= 11 is 0. The summed E-state index contributed by atoms with van der Waals surface area (Å²) in [4.78, 5) is 0. The van der Waals surface area contributed by atoms with E-state index in [0.29, 0.717) is 5.92 Å². The Labute approximate surface area is 104 Å². The number of allylic oxidation sites excluding steroid dienone is 2. The van der Waals surface area contributed by atoms with Gasteiger partial charge in [-0.25, -0.2) is 0 Å². The molecule has 0 spiro atoms. The zero-order valence-corrected chi connectivity index (χ0v) is 10.9. The van der Waals surface area contributed by atoms with E-state index in [0.717, 1.165) is 22.6 Å². The minimum absolute atomic E-state index is 0.424. The highest BCUT2D eigenvalue weighted by Gasteiger charge is 2.19. The third kappa shape index (κ3) is 2.33. The van der Waals surface area contributed by atoms with Crippen molar-refractivity contribution in [3.05, 3.63) is 48.5 Å². The molecule has 0 atom stereocenters. The normalized spacial score (nSPS) is 11.6. The largest absolute Gasteiger partial charge is 0.456 e. The molecule has 0 saturated heterocycles. The number of hydrogen-bond acceptors (Lipinski definition) is 1. The van der Waals surface area contributed by atoms with Gasteiger partial charge < -0.3 is 4.42 Å². The van der Waals surface area contributed by atoms with Crippen molar-refractivity contribution in [1.82, 2.24) is 0 Å². The summed E-state index contributed by atoms with van der Waals surface area (Å²) in [7, 11) is 0. The van der Waals surface area contributed by atoms with Gasteiger partial charge >= 0.3 is 0 Å². The molecule has 1 nitrogen and oxygen atoms in total. The summed E-state index contributed by atoms with van der Waals surface area (Å²) in [5.74, 6) is 1.97. The molecule has 0 aliphatic heterocycles. The standard InChI is InChI=1S/C16H20O/c1-7-12(11(5)6)16-13(8-2)14(9-3)17-15(16)10-4/h7-11H,2-4H2,1,5-6H3/b12-7-. The second-order valence-electron chi connectivity index (χ2n) is 4.13. The van der Waals surface area contributed by atoms with Crippen LogP contribution in [0.1, 0.15) is 43.4 Å². The van der Waals surface area contributed by atoms with Crippen LogP contribution in [0.4, 0.5) is 0 Å². The van der Waals surface area contributed by atoms with Crippen LogP contribution in [-0.2, 0) is 0 Å². The first kappa shape index (κ1) is 13.3.